The Morgan fingerprint density at radius 2 is 1.57 bits per heavy atom. The van der Waals surface area contributed by atoms with E-state index in [0.717, 1.165) is 0 Å². The molecule has 0 aromatic rings. The minimum absolute atomic E-state index is 0.0404. The van der Waals surface area contributed by atoms with Gasteiger partial charge in [-0.25, -0.2) is 0 Å². The van der Waals surface area contributed by atoms with E-state index in [4.69, 9.17) is 23.7 Å². The van der Waals surface area contributed by atoms with E-state index >= 15 is 0 Å². The van der Waals surface area contributed by atoms with Crippen LogP contribution in [-0.4, -0.2) is 58.6 Å². The molecule has 2 aliphatic rings. The van der Waals surface area contributed by atoms with Crippen LogP contribution in [0.1, 0.15) is 0 Å². The lowest BCUT2D eigenvalue weighted by Crippen LogP contribution is -2.56. The smallest absolute Gasteiger partial charge is 0.187 e. The Morgan fingerprint density at radius 1 is 0.929 bits per heavy atom. The summed E-state index contributed by atoms with van der Waals surface area (Å²) >= 11 is 0. The van der Waals surface area contributed by atoms with E-state index in [-0.39, 0.29) is 30.7 Å². The molecular formula is C9H16O5. The number of rotatable bonds is 3. The first kappa shape index (κ1) is 10.3. The van der Waals surface area contributed by atoms with Gasteiger partial charge in [-0.15, -0.1) is 0 Å². The predicted molar refractivity (Wildman–Crippen MR) is 47.0 cm³/mol. The van der Waals surface area contributed by atoms with Crippen molar-refractivity contribution in [1.29, 1.82) is 0 Å². The Hall–Kier alpha value is -0.200. The molecule has 5 atom stereocenters. The first-order chi connectivity index (χ1) is 6.81. The van der Waals surface area contributed by atoms with Crippen molar-refractivity contribution in [2.24, 2.45) is 0 Å². The summed E-state index contributed by atoms with van der Waals surface area (Å²) in [5.41, 5.74) is 0. The minimum Gasteiger partial charge on any atom is -0.376 e. The molecule has 0 aliphatic carbocycles. The average Bonchev–Trinajstić information content (AvgIpc) is 2.63. The van der Waals surface area contributed by atoms with E-state index in [1.54, 1.807) is 21.3 Å². The fourth-order valence-electron chi connectivity index (χ4n) is 2.14. The third-order valence-electron chi connectivity index (χ3n) is 2.83. The Bertz CT molecular complexity index is 180. The van der Waals surface area contributed by atoms with Crippen molar-refractivity contribution in [1.82, 2.24) is 0 Å². The third kappa shape index (κ3) is 1.45. The maximum absolute atomic E-state index is 5.58. The van der Waals surface area contributed by atoms with Gasteiger partial charge in [0.2, 0.25) is 0 Å². The summed E-state index contributed by atoms with van der Waals surface area (Å²) in [5.74, 6) is 0. The van der Waals surface area contributed by atoms with Crippen LogP contribution in [0.15, 0.2) is 0 Å². The zero-order chi connectivity index (χ0) is 10.1. The number of hydrogen-bond acceptors (Lipinski definition) is 5. The highest BCUT2D eigenvalue weighted by Crippen LogP contribution is 2.32. The largest absolute Gasteiger partial charge is 0.376 e. The van der Waals surface area contributed by atoms with E-state index in [2.05, 4.69) is 0 Å². The van der Waals surface area contributed by atoms with Gasteiger partial charge in [0.15, 0.2) is 6.29 Å². The van der Waals surface area contributed by atoms with Gasteiger partial charge in [0.05, 0.1) is 6.61 Å². The molecule has 14 heavy (non-hydrogen) atoms. The molecule has 2 saturated heterocycles. The monoisotopic (exact) mass is 204 g/mol. The summed E-state index contributed by atoms with van der Waals surface area (Å²) in [6.45, 7) is 0.545. The first-order valence-corrected chi connectivity index (χ1v) is 4.67. The zero-order valence-electron chi connectivity index (χ0n) is 8.64. The summed E-state index contributed by atoms with van der Waals surface area (Å²) in [6.07, 6.45) is -0.827. The van der Waals surface area contributed by atoms with E-state index in [9.17, 15) is 0 Å². The average molecular weight is 204 g/mol. The summed E-state index contributed by atoms with van der Waals surface area (Å²) in [7, 11) is 4.91. The van der Waals surface area contributed by atoms with Gasteiger partial charge in [0.25, 0.3) is 0 Å². The maximum atomic E-state index is 5.58. The van der Waals surface area contributed by atoms with E-state index in [1.807, 2.05) is 0 Å². The second-order valence-electron chi connectivity index (χ2n) is 3.48. The lowest BCUT2D eigenvalue weighted by molar-refractivity contribution is -0.246. The summed E-state index contributed by atoms with van der Waals surface area (Å²) in [4.78, 5) is 0. The minimum atomic E-state index is -0.318. The molecule has 2 rings (SSSR count). The quantitative estimate of drug-likeness (QED) is 0.636. The second-order valence-corrected chi connectivity index (χ2v) is 3.48. The SMILES string of the molecule is CO[C@H]1[C@H](OC)[C@@H](OC)C2OC[C@H]1O2. The van der Waals surface area contributed by atoms with Crippen LogP contribution in [0.25, 0.3) is 0 Å². The van der Waals surface area contributed by atoms with Crippen molar-refractivity contribution in [2.45, 2.75) is 30.7 Å². The van der Waals surface area contributed by atoms with Crippen molar-refractivity contribution < 1.29 is 23.7 Å². The standard InChI is InChI=1S/C9H16O5/c1-10-6-5-4-13-9(14-5)8(12-3)7(6)11-2/h5-9H,4H2,1-3H3/t5-,6-,7+,8-,9?/m1/s1. The molecule has 82 valence electrons. The lowest BCUT2D eigenvalue weighted by atomic mass is 10.0. The van der Waals surface area contributed by atoms with Crippen LogP contribution >= 0.6 is 0 Å². The van der Waals surface area contributed by atoms with Crippen LogP contribution in [0.5, 0.6) is 0 Å². The summed E-state index contributed by atoms with van der Waals surface area (Å²) in [6, 6.07) is 0. The number of methoxy groups -OCH3 is 3. The molecule has 1 unspecified atom stereocenters. The normalized spacial score (nSPS) is 46.9. The molecule has 0 aromatic carbocycles. The van der Waals surface area contributed by atoms with Gasteiger partial charge >= 0.3 is 0 Å². The fraction of sp³-hybridized carbons (Fsp3) is 1.00. The van der Waals surface area contributed by atoms with E-state index in [1.165, 1.54) is 0 Å². The molecule has 0 amide bonds. The molecule has 0 radical (unpaired) electrons. The highest BCUT2D eigenvalue weighted by molar-refractivity contribution is 4.95. The topological polar surface area (TPSA) is 46.2 Å². The molecule has 0 aromatic heterocycles. The van der Waals surface area contributed by atoms with Gasteiger partial charge in [0.1, 0.15) is 24.4 Å². The molecule has 5 nitrogen and oxygen atoms in total. The van der Waals surface area contributed by atoms with E-state index in [0.29, 0.717) is 6.61 Å². The van der Waals surface area contributed by atoms with Crippen LogP contribution in [0.2, 0.25) is 0 Å². The molecule has 0 N–H and O–H groups in total. The van der Waals surface area contributed by atoms with Crippen molar-refractivity contribution in [2.75, 3.05) is 27.9 Å². The third-order valence-corrected chi connectivity index (χ3v) is 2.83. The van der Waals surface area contributed by atoms with Crippen LogP contribution in [0.3, 0.4) is 0 Å². The fourth-order valence-corrected chi connectivity index (χ4v) is 2.14. The maximum Gasteiger partial charge on any atom is 0.187 e. The lowest BCUT2D eigenvalue weighted by Gasteiger charge is -2.38. The van der Waals surface area contributed by atoms with Gasteiger partial charge in [0, 0.05) is 21.3 Å². The predicted octanol–water partition coefficient (Wildman–Crippen LogP) is -0.214. The van der Waals surface area contributed by atoms with Crippen molar-refractivity contribution in [3.8, 4) is 0 Å². The summed E-state index contributed by atoms with van der Waals surface area (Å²) in [5, 5.41) is 0. The van der Waals surface area contributed by atoms with Gasteiger partial charge in [-0.3, -0.25) is 0 Å². The molecule has 0 spiro atoms. The molecule has 2 fully saturated rings. The summed E-state index contributed by atoms with van der Waals surface area (Å²) < 4.78 is 27.0. The molecule has 2 aliphatic heterocycles. The van der Waals surface area contributed by atoms with Crippen LogP contribution < -0.4 is 0 Å². The number of fused-ring (bicyclic) bond motifs is 2. The number of ether oxygens (including phenoxy) is 5. The highest BCUT2D eigenvalue weighted by Gasteiger charge is 2.51. The van der Waals surface area contributed by atoms with Crippen molar-refractivity contribution in [3.63, 3.8) is 0 Å². The second kappa shape index (κ2) is 4.12. The van der Waals surface area contributed by atoms with Crippen molar-refractivity contribution >= 4 is 0 Å². The Kier molecular flexibility index (Phi) is 3.04. The molecular weight excluding hydrogens is 188 g/mol. The van der Waals surface area contributed by atoms with Crippen LogP contribution in [0.4, 0.5) is 0 Å². The van der Waals surface area contributed by atoms with Crippen LogP contribution in [-0.2, 0) is 23.7 Å². The highest BCUT2D eigenvalue weighted by atomic mass is 16.8. The first-order valence-electron chi connectivity index (χ1n) is 4.67. The van der Waals surface area contributed by atoms with E-state index < -0.39 is 0 Å². The molecule has 0 saturated carbocycles. The van der Waals surface area contributed by atoms with Gasteiger partial charge in [-0.1, -0.05) is 0 Å². The number of hydrogen-bond donors (Lipinski definition) is 0. The van der Waals surface area contributed by atoms with Gasteiger partial charge < -0.3 is 23.7 Å². The molecule has 5 heteroatoms. The van der Waals surface area contributed by atoms with Crippen molar-refractivity contribution in [3.05, 3.63) is 0 Å². The Labute approximate surface area is 83.2 Å². The van der Waals surface area contributed by atoms with Gasteiger partial charge in [-0.2, -0.15) is 0 Å². The molecule has 2 heterocycles. The zero-order valence-corrected chi connectivity index (χ0v) is 8.64. The molecule has 2 bridgehead atoms. The Balaban J connectivity index is 2.16. The van der Waals surface area contributed by atoms with Crippen LogP contribution in [0, 0.1) is 0 Å². The Morgan fingerprint density at radius 3 is 2.14 bits per heavy atom. The van der Waals surface area contributed by atoms with Gasteiger partial charge in [-0.05, 0) is 0 Å².